The van der Waals surface area contributed by atoms with Crippen LogP contribution in [0.4, 0.5) is 5.69 Å². The average molecular weight is 421 g/mol. The maximum Gasteiger partial charge on any atom is 0.188 e. The monoisotopic (exact) mass is 419 g/mol. The average Bonchev–Trinajstić information content (AvgIpc) is 2.61. The molecule has 0 radical (unpaired) electrons. The third-order valence-electron chi connectivity index (χ3n) is 4.35. The number of hydrogen-bond donors (Lipinski definition) is 0. The van der Waals surface area contributed by atoms with Gasteiger partial charge in [0.25, 0.3) is 0 Å². The Balaban J connectivity index is 1.79. The number of anilines is 1. The molecule has 122 valence electrons. The van der Waals surface area contributed by atoms with E-state index in [2.05, 4.69) is 50.1 Å². The van der Waals surface area contributed by atoms with Gasteiger partial charge in [-0.15, -0.1) is 0 Å². The van der Waals surface area contributed by atoms with Crippen molar-refractivity contribution in [1.82, 2.24) is 9.97 Å². The normalized spacial score (nSPS) is 14.0. The Hall–Kier alpha value is -1.30. The highest BCUT2D eigenvalue weighted by Crippen LogP contribution is 2.36. The number of benzene rings is 2. The van der Waals surface area contributed by atoms with Crippen molar-refractivity contribution >= 4 is 55.8 Å². The molecule has 0 saturated carbocycles. The summed E-state index contributed by atoms with van der Waals surface area (Å²) in [7, 11) is 0. The number of hydrogen-bond acceptors (Lipinski definition) is 4. The molecule has 2 aromatic carbocycles. The van der Waals surface area contributed by atoms with E-state index in [-0.39, 0.29) is 0 Å². The molecule has 1 aliphatic rings. The van der Waals surface area contributed by atoms with Crippen molar-refractivity contribution in [3.63, 3.8) is 0 Å². The highest BCUT2D eigenvalue weighted by molar-refractivity contribution is 9.10. The fourth-order valence-corrected chi connectivity index (χ4v) is 4.58. The van der Waals surface area contributed by atoms with Crippen molar-refractivity contribution < 1.29 is 0 Å². The van der Waals surface area contributed by atoms with E-state index in [1.54, 1.807) is 11.8 Å². The van der Waals surface area contributed by atoms with Crippen LogP contribution >= 0.6 is 39.3 Å². The van der Waals surface area contributed by atoms with Gasteiger partial charge in [-0.1, -0.05) is 47.6 Å². The minimum absolute atomic E-state index is 0.772. The first-order valence-corrected chi connectivity index (χ1v) is 10.1. The van der Waals surface area contributed by atoms with E-state index >= 15 is 0 Å². The van der Waals surface area contributed by atoms with Crippen LogP contribution in [-0.2, 0) is 13.0 Å². The van der Waals surface area contributed by atoms with Crippen LogP contribution in [0.5, 0.6) is 0 Å². The van der Waals surface area contributed by atoms with E-state index in [0.717, 1.165) is 45.4 Å². The fraction of sp³-hybridized carbons (Fsp3) is 0.222. The van der Waals surface area contributed by atoms with E-state index in [4.69, 9.17) is 16.6 Å². The van der Waals surface area contributed by atoms with E-state index < -0.39 is 0 Å². The second-order valence-corrected chi connectivity index (χ2v) is 7.64. The summed E-state index contributed by atoms with van der Waals surface area (Å²) in [6.45, 7) is 1.70. The fourth-order valence-electron chi connectivity index (χ4n) is 3.20. The largest absolute Gasteiger partial charge is 0.365 e. The molecule has 0 atom stereocenters. The summed E-state index contributed by atoms with van der Waals surface area (Å²) >= 11 is 11.7. The summed E-state index contributed by atoms with van der Waals surface area (Å²) in [5.74, 6) is 0. The Bertz CT molecular complexity index is 926. The molecule has 0 bridgehead atoms. The predicted molar refractivity (Wildman–Crippen MR) is 105 cm³/mol. The van der Waals surface area contributed by atoms with Gasteiger partial charge in [0.05, 0.1) is 17.3 Å². The highest BCUT2D eigenvalue weighted by atomic mass is 79.9. The lowest BCUT2D eigenvalue weighted by Gasteiger charge is -2.31. The molecule has 0 amide bonds. The molecule has 1 aliphatic heterocycles. The maximum absolute atomic E-state index is 6.49. The van der Waals surface area contributed by atoms with Gasteiger partial charge in [0.15, 0.2) is 5.16 Å². The predicted octanol–water partition coefficient (Wildman–Crippen LogP) is 5.33. The molecule has 0 saturated heterocycles. The van der Waals surface area contributed by atoms with Crippen LogP contribution < -0.4 is 4.90 Å². The molecule has 0 aliphatic carbocycles. The molecule has 3 aromatic rings. The summed E-state index contributed by atoms with van der Waals surface area (Å²) in [5.41, 5.74) is 3.48. The van der Waals surface area contributed by atoms with Crippen molar-refractivity contribution in [1.29, 1.82) is 0 Å². The van der Waals surface area contributed by atoms with Crippen molar-refractivity contribution in [3.05, 3.63) is 57.3 Å². The Kier molecular flexibility index (Phi) is 4.41. The zero-order valence-corrected chi connectivity index (χ0v) is 16.2. The smallest absolute Gasteiger partial charge is 0.188 e. The molecule has 1 aromatic heterocycles. The number of fused-ring (bicyclic) bond motifs is 2. The van der Waals surface area contributed by atoms with Gasteiger partial charge >= 0.3 is 0 Å². The number of halogens is 2. The Labute approximate surface area is 158 Å². The number of thioether (sulfide) groups is 1. The molecule has 0 N–H and O–H groups in total. The zero-order chi connectivity index (χ0) is 16.7. The first-order chi connectivity index (χ1) is 11.7. The molecular formula is C18H15BrClN3S. The van der Waals surface area contributed by atoms with Gasteiger partial charge < -0.3 is 4.90 Å². The van der Waals surface area contributed by atoms with Crippen molar-refractivity contribution in [2.24, 2.45) is 0 Å². The molecule has 2 heterocycles. The molecule has 6 heteroatoms. The lowest BCUT2D eigenvalue weighted by atomic mass is 10.0. The topological polar surface area (TPSA) is 29.0 Å². The summed E-state index contributed by atoms with van der Waals surface area (Å²) < 4.78 is 0.924. The zero-order valence-electron chi connectivity index (χ0n) is 13.1. The first-order valence-electron chi connectivity index (χ1n) is 7.69. The van der Waals surface area contributed by atoms with Crippen LogP contribution in [0.2, 0.25) is 5.02 Å². The number of aromatic nitrogens is 2. The molecule has 0 unspecified atom stereocenters. The minimum Gasteiger partial charge on any atom is -0.365 e. The number of nitrogens with zero attached hydrogens (tertiary/aromatic N) is 3. The number of rotatable bonds is 2. The Morgan fingerprint density at radius 1 is 1.17 bits per heavy atom. The Morgan fingerprint density at radius 2 is 1.96 bits per heavy atom. The van der Waals surface area contributed by atoms with Gasteiger partial charge in [0.1, 0.15) is 4.60 Å². The molecule has 0 spiro atoms. The lowest BCUT2D eigenvalue weighted by molar-refractivity contribution is 0.682. The van der Waals surface area contributed by atoms with Crippen molar-refractivity contribution in [2.75, 3.05) is 17.7 Å². The lowest BCUT2D eigenvalue weighted by Crippen LogP contribution is -2.32. The van der Waals surface area contributed by atoms with E-state index in [9.17, 15) is 0 Å². The molecule has 24 heavy (non-hydrogen) atoms. The van der Waals surface area contributed by atoms with Crippen LogP contribution in [0, 0.1) is 0 Å². The second kappa shape index (κ2) is 6.54. The summed E-state index contributed by atoms with van der Waals surface area (Å²) in [6.07, 6.45) is 2.92. The van der Waals surface area contributed by atoms with Crippen molar-refractivity contribution in [2.45, 2.75) is 18.1 Å². The van der Waals surface area contributed by atoms with Gasteiger partial charge in [0, 0.05) is 23.2 Å². The van der Waals surface area contributed by atoms with Crippen LogP contribution in [0.1, 0.15) is 11.3 Å². The third kappa shape index (κ3) is 2.79. The molecular weight excluding hydrogens is 406 g/mol. The second-order valence-electron chi connectivity index (χ2n) is 5.71. The highest BCUT2D eigenvalue weighted by Gasteiger charge is 2.23. The van der Waals surface area contributed by atoms with Gasteiger partial charge in [-0.05, 0) is 46.1 Å². The van der Waals surface area contributed by atoms with E-state index in [1.165, 1.54) is 16.6 Å². The van der Waals surface area contributed by atoms with Crippen LogP contribution in [-0.4, -0.2) is 22.8 Å². The summed E-state index contributed by atoms with van der Waals surface area (Å²) in [6, 6.07) is 12.4. The third-order valence-corrected chi connectivity index (χ3v) is 5.87. The quantitative estimate of drug-likeness (QED) is 0.318. The molecule has 3 nitrogen and oxygen atoms in total. The maximum atomic E-state index is 6.49. The van der Waals surface area contributed by atoms with Crippen LogP contribution in [0.25, 0.3) is 10.8 Å². The minimum atomic E-state index is 0.772. The summed E-state index contributed by atoms with van der Waals surface area (Å²) in [4.78, 5) is 11.6. The van der Waals surface area contributed by atoms with Crippen LogP contribution in [0.3, 0.4) is 0 Å². The van der Waals surface area contributed by atoms with E-state index in [1.807, 2.05) is 18.4 Å². The van der Waals surface area contributed by atoms with Crippen LogP contribution in [0.15, 0.2) is 46.2 Å². The van der Waals surface area contributed by atoms with Gasteiger partial charge in [0.2, 0.25) is 0 Å². The van der Waals surface area contributed by atoms with Crippen molar-refractivity contribution in [3.8, 4) is 0 Å². The molecule has 4 rings (SSSR count). The molecule has 0 fully saturated rings. The standard InChI is InChI=1S/C18H15BrClN3S/c1-24-18-21-14-10-23(9-8-12(14)17(19)22-18)15-7-3-5-11-4-2-6-13(20)16(11)15/h2-7H,8-10H2,1H3. The first kappa shape index (κ1) is 16.2. The van der Waals surface area contributed by atoms with Gasteiger partial charge in [-0.25, -0.2) is 9.97 Å². The SMILES string of the molecule is CSc1nc(Br)c2c(n1)CN(c1cccc3cccc(Cl)c13)CC2. The van der Waals surface area contributed by atoms with E-state index in [0.29, 0.717) is 0 Å². The van der Waals surface area contributed by atoms with Gasteiger partial charge in [-0.3, -0.25) is 0 Å². The Morgan fingerprint density at radius 3 is 2.75 bits per heavy atom. The summed E-state index contributed by atoms with van der Waals surface area (Å²) in [5, 5.41) is 3.88. The van der Waals surface area contributed by atoms with Gasteiger partial charge in [-0.2, -0.15) is 0 Å².